The van der Waals surface area contributed by atoms with Gasteiger partial charge in [-0.15, -0.1) is 0 Å². The van der Waals surface area contributed by atoms with Gasteiger partial charge in [-0.25, -0.2) is 4.79 Å². The van der Waals surface area contributed by atoms with Gasteiger partial charge in [0.05, 0.1) is 6.10 Å². The fourth-order valence-corrected chi connectivity index (χ4v) is 3.61. The standard InChI is InChI=1S/C21H36F3NO4/c1-15-10-17(11-15)27-8-6-5-7-9-28-18(21(22,23)24)12-16-13-25(14-16)19(26)29-20(2,3)4/h15-18H,5-14H2,1-4H3/t15-,17-,18?. The number of nitrogens with zero attached hydrogens (tertiary/aromatic N) is 1. The van der Waals surface area contributed by atoms with Crippen molar-refractivity contribution in [1.82, 2.24) is 4.90 Å². The number of amides is 1. The quantitative estimate of drug-likeness (QED) is 0.455. The maximum atomic E-state index is 13.3. The Morgan fingerprint density at radius 3 is 2.24 bits per heavy atom. The number of hydrogen-bond acceptors (Lipinski definition) is 4. The molecule has 1 saturated heterocycles. The number of halogens is 3. The molecule has 0 bridgehead atoms. The zero-order valence-corrected chi connectivity index (χ0v) is 18.1. The van der Waals surface area contributed by atoms with E-state index in [-0.39, 0.29) is 32.0 Å². The summed E-state index contributed by atoms with van der Waals surface area (Å²) in [5, 5.41) is 0. The number of unbranched alkanes of at least 4 members (excludes halogenated alkanes) is 2. The van der Waals surface area contributed by atoms with Crippen LogP contribution in [-0.4, -0.2) is 61.3 Å². The smallest absolute Gasteiger partial charge is 0.414 e. The lowest BCUT2D eigenvalue weighted by atomic mass is 9.84. The van der Waals surface area contributed by atoms with Crippen LogP contribution in [0.15, 0.2) is 0 Å². The Bertz CT molecular complexity index is 509. The van der Waals surface area contributed by atoms with Crippen molar-refractivity contribution in [2.24, 2.45) is 11.8 Å². The van der Waals surface area contributed by atoms with E-state index in [1.165, 1.54) is 4.90 Å². The molecule has 0 N–H and O–H groups in total. The van der Waals surface area contributed by atoms with Gasteiger partial charge >= 0.3 is 12.3 Å². The lowest BCUT2D eigenvalue weighted by Gasteiger charge is -2.41. The Kier molecular flexibility index (Phi) is 8.64. The Balaban J connectivity index is 1.58. The molecular formula is C21H36F3NO4. The first-order valence-electron chi connectivity index (χ1n) is 10.7. The minimum Gasteiger partial charge on any atom is -0.444 e. The highest BCUT2D eigenvalue weighted by molar-refractivity contribution is 5.69. The highest BCUT2D eigenvalue weighted by Gasteiger charge is 2.45. The predicted octanol–water partition coefficient (Wildman–Crippen LogP) is 5.18. The number of ether oxygens (including phenoxy) is 3. The molecule has 2 fully saturated rings. The molecule has 0 aromatic rings. The number of rotatable bonds is 10. The van der Waals surface area contributed by atoms with E-state index in [2.05, 4.69) is 6.92 Å². The average Bonchev–Trinajstić information content (AvgIpc) is 2.49. The van der Waals surface area contributed by atoms with E-state index in [1.807, 2.05) is 0 Å². The molecule has 1 unspecified atom stereocenters. The summed E-state index contributed by atoms with van der Waals surface area (Å²) in [6.45, 7) is 8.80. The molecule has 29 heavy (non-hydrogen) atoms. The van der Waals surface area contributed by atoms with Crippen molar-refractivity contribution in [3.8, 4) is 0 Å². The summed E-state index contributed by atoms with van der Waals surface area (Å²) in [5.41, 5.74) is -0.610. The number of hydrogen-bond donors (Lipinski definition) is 0. The van der Waals surface area contributed by atoms with Crippen LogP contribution >= 0.6 is 0 Å². The van der Waals surface area contributed by atoms with E-state index in [0.29, 0.717) is 19.1 Å². The molecule has 1 saturated carbocycles. The summed E-state index contributed by atoms with van der Waals surface area (Å²) in [6, 6.07) is 0. The molecule has 1 heterocycles. The largest absolute Gasteiger partial charge is 0.444 e. The van der Waals surface area contributed by atoms with Crippen LogP contribution < -0.4 is 0 Å². The molecule has 0 spiro atoms. The lowest BCUT2D eigenvalue weighted by molar-refractivity contribution is -0.227. The minimum atomic E-state index is -4.39. The van der Waals surface area contributed by atoms with Crippen molar-refractivity contribution in [2.45, 2.75) is 90.2 Å². The summed E-state index contributed by atoms with van der Waals surface area (Å²) in [6.07, 6.45) is -1.93. The summed E-state index contributed by atoms with van der Waals surface area (Å²) in [7, 11) is 0. The monoisotopic (exact) mass is 423 g/mol. The number of alkyl halides is 3. The third-order valence-corrected chi connectivity index (χ3v) is 5.31. The van der Waals surface area contributed by atoms with Crippen molar-refractivity contribution in [1.29, 1.82) is 0 Å². The van der Waals surface area contributed by atoms with Crippen molar-refractivity contribution in [3.63, 3.8) is 0 Å². The van der Waals surface area contributed by atoms with E-state index in [9.17, 15) is 18.0 Å². The van der Waals surface area contributed by atoms with Crippen LogP contribution in [-0.2, 0) is 14.2 Å². The fraction of sp³-hybridized carbons (Fsp3) is 0.952. The topological polar surface area (TPSA) is 48.0 Å². The SMILES string of the molecule is CC(C)(C)OC(=O)N1CC(CC(OCCCCCO[C@H]2C[C@H](C)C2)C(F)(F)F)C1. The van der Waals surface area contributed by atoms with Crippen LogP contribution in [0.2, 0.25) is 0 Å². The Morgan fingerprint density at radius 2 is 1.69 bits per heavy atom. The van der Waals surface area contributed by atoms with E-state index < -0.39 is 24.0 Å². The second-order valence-electron chi connectivity index (χ2n) is 9.52. The van der Waals surface area contributed by atoms with E-state index >= 15 is 0 Å². The highest BCUT2D eigenvalue weighted by atomic mass is 19.4. The summed E-state index contributed by atoms with van der Waals surface area (Å²) >= 11 is 0. The molecule has 1 atom stereocenters. The molecule has 1 aliphatic heterocycles. The minimum absolute atomic E-state index is 0.0904. The lowest BCUT2D eigenvalue weighted by Crippen LogP contribution is -2.53. The van der Waals surface area contributed by atoms with Crippen molar-refractivity contribution < 1.29 is 32.2 Å². The van der Waals surface area contributed by atoms with Gasteiger partial charge in [0.2, 0.25) is 0 Å². The molecule has 8 heteroatoms. The zero-order chi connectivity index (χ0) is 21.7. The van der Waals surface area contributed by atoms with Gasteiger partial charge in [-0.05, 0) is 71.1 Å². The first-order chi connectivity index (χ1) is 13.4. The van der Waals surface area contributed by atoms with Gasteiger partial charge in [-0.1, -0.05) is 6.92 Å². The molecule has 0 aromatic heterocycles. The van der Waals surface area contributed by atoms with Gasteiger partial charge in [-0.3, -0.25) is 0 Å². The molecule has 5 nitrogen and oxygen atoms in total. The molecule has 2 aliphatic rings. The zero-order valence-electron chi connectivity index (χ0n) is 18.1. The number of carbonyl (C=O) groups is 1. The number of likely N-dealkylation sites (tertiary alicyclic amines) is 1. The third kappa shape index (κ3) is 8.70. The summed E-state index contributed by atoms with van der Waals surface area (Å²) in [5.74, 6) is 0.534. The Labute approximate surface area is 172 Å². The molecule has 1 aliphatic carbocycles. The van der Waals surface area contributed by atoms with Gasteiger partial charge in [-0.2, -0.15) is 13.2 Å². The molecule has 0 aromatic carbocycles. The second kappa shape index (κ2) is 10.3. The maximum absolute atomic E-state index is 13.3. The third-order valence-electron chi connectivity index (χ3n) is 5.31. The Morgan fingerprint density at radius 1 is 1.07 bits per heavy atom. The number of carbonyl (C=O) groups excluding carboxylic acids is 1. The van der Waals surface area contributed by atoms with Gasteiger partial charge in [0.1, 0.15) is 5.60 Å². The van der Waals surface area contributed by atoms with Crippen LogP contribution in [0, 0.1) is 11.8 Å². The van der Waals surface area contributed by atoms with Gasteiger partial charge in [0.15, 0.2) is 6.10 Å². The van der Waals surface area contributed by atoms with Crippen LogP contribution in [0.1, 0.15) is 66.2 Å². The molecule has 0 radical (unpaired) electrons. The molecule has 1 amide bonds. The predicted molar refractivity (Wildman–Crippen MR) is 104 cm³/mol. The van der Waals surface area contributed by atoms with E-state index in [4.69, 9.17) is 14.2 Å². The van der Waals surface area contributed by atoms with Gasteiger partial charge < -0.3 is 19.1 Å². The van der Waals surface area contributed by atoms with Crippen LogP contribution in [0.3, 0.4) is 0 Å². The van der Waals surface area contributed by atoms with Gasteiger partial charge in [0, 0.05) is 26.3 Å². The van der Waals surface area contributed by atoms with Gasteiger partial charge in [0.25, 0.3) is 0 Å². The Hall–Kier alpha value is -1.02. The molecule has 2 rings (SSSR count). The second-order valence-corrected chi connectivity index (χ2v) is 9.52. The molecular weight excluding hydrogens is 387 g/mol. The van der Waals surface area contributed by atoms with Crippen molar-refractivity contribution in [2.75, 3.05) is 26.3 Å². The van der Waals surface area contributed by atoms with Crippen LogP contribution in [0.4, 0.5) is 18.0 Å². The normalized spacial score (nSPS) is 24.0. The van der Waals surface area contributed by atoms with Crippen molar-refractivity contribution >= 4 is 6.09 Å². The maximum Gasteiger partial charge on any atom is 0.414 e. The fourth-order valence-electron chi connectivity index (χ4n) is 3.61. The highest BCUT2D eigenvalue weighted by Crippen LogP contribution is 2.32. The van der Waals surface area contributed by atoms with E-state index in [0.717, 1.165) is 31.6 Å². The average molecular weight is 424 g/mol. The summed E-state index contributed by atoms with van der Waals surface area (Å²) in [4.78, 5) is 13.3. The first kappa shape index (κ1) is 24.3. The van der Waals surface area contributed by atoms with Crippen molar-refractivity contribution in [3.05, 3.63) is 0 Å². The van der Waals surface area contributed by atoms with Crippen LogP contribution in [0.5, 0.6) is 0 Å². The first-order valence-corrected chi connectivity index (χ1v) is 10.7. The van der Waals surface area contributed by atoms with E-state index in [1.54, 1.807) is 20.8 Å². The molecule has 170 valence electrons. The summed E-state index contributed by atoms with van der Waals surface area (Å²) < 4.78 is 55.9. The van der Waals surface area contributed by atoms with Crippen LogP contribution in [0.25, 0.3) is 0 Å².